The second-order valence-electron chi connectivity index (χ2n) is 3.98. The molecule has 2 rings (SSSR count). The van der Waals surface area contributed by atoms with Gasteiger partial charge in [-0.1, -0.05) is 0 Å². The van der Waals surface area contributed by atoms with Gasteiger partial charge in [-0.05, 0) is 35.9 Å². The van der Waals surface area contributed by atoms with E-state index in [0.29, 0.717) is 11.5 Å². The van der Waals surface area contributed by atoms with E-state index in [9.17, 15) is 4.79 Å². The molecule has 0 bridgehead atoms. The Labute approximate surface area is 115 Å². The number of rotatable bonds is 4. The van der Waals surface area contributed by atoms with E-state index in [-0.39, 0.29) is 11.3 Å². The van der Waals surface area contributed by atoms with Gasteiger partial charge in [-0.2, -0.15) is 16.7 Å². The van der Waals surface area contributed by atoms with Crippen LogP contribution in [0.2, 0.25) is 5.28 Å². The van der Waals surface area contributed by atoms with Gasteiger partial charge in [0.25, 0.3) is 0 Å². The van der Waals surface area contributed by atoms with E-state index in [4.69, 9.17) is 11.6 Å². The van der Waals surface area contributed by atoms with Crippen LogP contribution in [0.3, 0.4) is 0 Å². The highest BCUT2D eigenvalue weighted by Gasteiger charge is 2.24. The predicted molar refractivity (Wildman–Crippen MR) is 75.5 cm³/mol. The molecule has 0 saturated carbocycles. The average molecular weight is 287 g/mol. The number of carbonyl (C=O) groups is 1. The Morgan fingerprint density at radius 2 is 2.28 bits per heavy atom. The second-order valence-corrected chi connectivity index (χ2v) is 5.55. The molecule has 1 fully saturated rings. The lowest BCUT2D eigenvalue weighted by Gasteiger charge is -2.31. The summed E-state index contributed by atoms with van der Waals surface area (Å²) in [5, 5.41) is 3.14. The number of hydrogen-bond acceptors (Lipinski definition) is 5. The van der Waals surface area contributed by atoms with Crippen LogP contribution >= 0.6 is 23.4 Å². The third-order valence-corrected chi connectivity index (χ3v) is 4.18. The van der Waals surface area contributed by atoms with Crippen LogP contribution in [0.5, 0.6) is 0 Å². The molecule has 1 N–H and O–H groups in total. The molecule has 1 aromatic heterocycles. The van der Waals surface area contributed by atoms with Crippen LogP contribution in [-0.2, 0) is 4.79 Å². The molecule has 0 radical (unpaired) electrons. The summed E-state index contributed by atoms with van der Waals surface area (Å²) in [6, 6.07) is 0.196. The summed E-state index contributed by atoms with van der Waals surface area (Å²) in [5.41, 5.74) is 0.713. The maximum atomic E-state index is 11.4. The minimum atomic E-state index is 0.154. The molecule has 2 heterocycles. The van der Waals surface area contributed by atoms with Gasteiger partial charge in [0.2, 0.25) is 11.7 Å². The third kappa shape index (κ3) is 2.87. The zero-order valence-electron chi connectivity index (χ0n) is 10.1. The van der Waals surface area contributed by atoms with Crippen molar-refractivity contribution >= 4 is 41.3 Å². The molecule has 0 unspecified atom stereocenters. The molecule has 0 spiro atoms. The lowest BCUT2D eigenvalue weighted by atomic mass is 10.1. The maximum absolute atomic E-state index is 11.4. The van der Waals surface area contributed by atoms with Crippen LogP contribution in [0.25, 0.3) is 0 Å². The number of halogens is 1. The van der Waals surface area contributed by atoms with Crippen LogP contribution < -0.4 is 10.2 Å². The SMILES string of the molecule is CNc1cnc(Cl)nc1N(C=O)C1CCSCC1. The van der Waals surface area contributed by atoms with Crippen molar-refractivity contribution in [2.75, 3.05) is 28.8 Å². The summed E-state index contributed by atoms with van der Waals surface area (Å²) in [5.74, 6) is 2.70. The minimum absolute atomic E-state index is 0.154. The van der Waals surface area contributed by atoms with E-state index in [1.807, 2.05) is 11.8 Å². The van der Waals surface area contributed by atoms with Crippen molar-refractivity contribution < 1.29 is 4.79 Å². The molecule has 0 aromatic carbocycles. The van der Waals surface area contributed by atoms with Crippen LogP contribution in [-0.4, -0.2) is 41.0 Å². The number of carbonyl (C=O) groups excluding carboxylic acids is 1. The van der Waals surface area contributed by atoms with Gasteiger partial charge in [-0.15, -0.1) is 0 Å². The molecule has 1 aliphatic heterocycles. The van der Waals surface area contributed by atoms with E-state index in [1.165, 1.54) is 0 Å². The summed E-state index contributed by atoms with van der Waals surface area (Å²) >= 11 is 7.73. The topological polar surface area (TPSA) is 58.1 Å². The van der Waals surface area contributed by atoms with Gasteiger partial charge in [0.1, 0.15) is 0 Å². The zero-order valence-corrected chi connectivity index (χ0v) is 11.7. The first-order chi connectivity index (χ1) is 8.76. The van der Waals surface area contributed by atoms with Crippen molar-refractivity contribution in [2.24, 2.45) is 0 Å². The van der Waals surface area contributed by atoms with E-state index in [1.54, 1.807) is 18.1 Å². The number of amides is 1. The first-order valence-electron chi connectivity index (χ1n) is 5.78. The van der Waals surface area contributed by atoms with E-state index in [0.717, 1.165) is 30.8 Å². The van der Waals surface area contributed by atoms with Crippen molar-refractivity contribution in [2.45, 2.75) is 18.9 Å². The highest BCUT2D eigenvalue weighted by molar-refractivity contribution is 7.99. The van der Waals surface area contributed by atoms with Gasteiger partial charge in [0.05, 0.1) is 11.9 Å². The van der Waals surface area contributed by atoms with Gasteiger partial charge in [-0.25, -0.2) is 4.98 Å². The summed E-state index contributed by atoms with van der Waals surface area (Å²) in [6.07, 6.45) is 4.39. The number of hydrogen-bond donors (Lipinski definition) is 1. The van der Waals surface area contributed by atoms with Crippen molar-refractivity contribution in [3.8, 4) is 0 Å². The van der Waals surface area contributed by atoms with Gasteiger partial charge >= 0.3 is 0 Å². The Hall–Kier alpha value is -1.01. The Morgan fingerprint density at radius 3 is 2.89 bits per heavy atom. The van der Waals surface area contributed by atoms with Gasteiger partial charge in [0, 0.05) is 13.1 Å². The smallest absolute Gasteiger partial charge is 0.224 e. The highest BCUT2D eigenvalue weighted by atomic mass is 35.5. The third-order valence-electron chi connectivity index (χ3n) is 2.95. The minimum Gasteiger partial charge on any atom is -0.384 e. The van der Waals surface area contributed by atoms with E-state index < -0.39 is 0 Å². The average Bonchev–Trinajstić information content (AvgIpc) is 2.41. The quantitative estimate of drug-likeness (QED) is 0.678. The Kier molecular flexibility index (Phi) is 4.66. The van der Waals surface area contributed by atoms with Crippen molar-refractivity contribution in [3.05, 3.63) is 11.5 Å². The zero-order chi connectivity index (χ0) is 13.0. The van der Waals surface area contributed by atoms with Gasteiger partial charge < -0.3 is 5.32 Å². The fourth-order valence-electron chi connectivity index (χ4n) is 2.00. The molecular weight excluding hydrogens is 272 g/mol. The summed E-state index contributed by atoms with van der Waals surface area (Å²) in [7, 11) is 1.77. The lowest BCUT2D eigenvalue weighted by Crippen LogP contribution is -2.38. The Balaban J connectivity index is 2.30. The number of aromatic nitrogens is 2. The molecular formula is C11H15ClN4OS. The van der Waals surface area contributed by atoms with Crippen LogP contribution in [0, 0.1) is 0 Å². The molecule has 98 valence electrons. The van der Waals surface area contributed by atoms with Crippen molar-refractivity contribution in [1.82, 2.24) is 9.97 Å². The van der Waals surface area contributed by atoms with Crippen LogP contribution in [0.4, 0.5) is 11.5 Å². The number of anilines is 2. The molecule has 5 nitrogen and oxygen atoms in total. The number of nitrogens with zero attached hydrogens (tertiary/aromatic N) is 3. The first-order valence-corrected chi connectivity index (χ1v) is 7.31. The summed E-state index contributed by atoms with van der Waals surface area (Å²) in [4.78, 5) is 21.1. The molecule has 18 heavy (non-hydrogen) atoms. The molecule has 7 heteroatoms. The van der Waals surface area contributed by atoms with Crippen molar-refractivity contribution in [3.63, 3.8) is 0 Å². The lowest BCUT2D eigenvalue weighted by molar-refractivity contribution is -0.107. The highest BCUT2D eigenvalue weighted by Crippen LogP contribution is 2.29. The first kappa shape index (κ1) is 13.4. The number of thioether (sulfide) groups is 1. The Morgan fingerprint density at radius 1 is 1.56 bits per heavy atom. The normalized spacial score (nSPS) is 16.3. The molecule has 0 aliphatic carbocycles. The van der Waals surface area contributed by atoms with E-state index in [2.05, 4.69) is 15.3 Å². The van der Waals surface area contributed by atoms with E-state index >= 15 is 0 Å². The largest absolute Gasteiger partial charge is 0.384 e. The molecule has 1 amide bonds. The fraction of sp³-hybridized carbons (Fsp3) is 0.545. The van der Waals surface area contributed by atoms with Crippen molar-refractivity contribution in [1.29, 1.82) is 0 Å². The monoisotopic (exact) mass is 286 g/mol. The van der Waals surface area contributed by atoms with Gasteiger partial charge in [-0.3, -0.25) is 9.69 Å². The predicted octanol–water partition coefficient (Wildman–Crippen LogP) is 2.03. The fourth-order valence-corrected chi connectivity index (χ4v) is 3.21. The standard InChI is InChI=1S/C11H15ClN4OS/c1-13-9-6-14-11(12)15-10(9)16(7-17)8-2-4-18-5-3-8/h6-8,13H,2-5H2,1H3. The number of nitrogens with one attached hydrogen (secondary N) is 1. The second kappa shape index (κ2) is 6.24. The van der Waals surface area contributed by atoms with Crippen LogP contribution in [0.15, 0.2) is 6.20 Å². The summed E-state index contributed by atoms with van der Waals surface area (Å²) in [6.45, 7) is 0. The van der Waals surface area contributed by atoms with Crippen LogP contribution in [0.1, 0.15) is 12.8 Å². The molecule has 1 aliphatic rings. The van der Waals surface area contributed by atoms with Gasteiger partial charge in [0.15, 0.2) is 5.82 Å². The molecule has 1 saturated heterocycles. The molecule has 1 aromatic rings. The maximum Gasteiger partial charge on any atom is 0.224 e. The Bertz CT molecular complexity index is 426. The molecule has 0 atom stereocenters. The summed E-state index contributed by atoms with van der Waals surface area (Å²) < 4.78 is 0.